The molecule has 120 valence electrons. The van der Waals surface area contributed by atoms with E-state index in [0.29, 0.717) is 0 Å². The Morgan fingerprint density at radius 1 is 1.35 bits per heavy atom. The van der Waals surface area contributed by atoms with Crippen molar-refractivity contribution >= 4 is 33.9 Å². The number of alkyl halides is 3. The number of halogens is 4. The fourth-order valence-corrected chi connectivity index (χ4v) is 2.94. The van der Waals surface area contributed by atoms with Gasteiger partial charge >= 0.3 is 12.1 Å². The lowest BCUT2D eigenvalue weighted by molar-refractivity contribution is -0.144. The number of fused-ring (bicyclic) bond motifs is 1. The number of hydrogen-bond donors (Lipinski definition) is 0. The van der Waals surface area contributed by atoms with E-state index in [1.807, 2.05) is 0 Å². The number of aryl methyl sites for hydroxylation is 1. The fourth-order valence-electron chi connectivity index (χ4n) is 1.83. The first-order valence-electron chi connectivity index (χ1n) is 6.17. The molecule has 0 fully saturated rings. The first kappa shape index (κ1) is 15.8. The van der Waals surface area contributed by atoms with Gasteiger partial charge in [0, 0.05) is 0 Å². The number of rotatable bonds is 2. The Morgan fingerprint density at radius 2 is 2.04 bits per heavy atom. The summed E-state index contributed by atoms with van der Waals surface area (Å²) in [4.78, 5) is 15.6. The lowest BCUT2D eigenvalue weighted by atomic mass is 10.3. The van der Waals surface area contributed by atoms with Gasteiger partial charge in [0.25, 0.3) is 5.82 Å². The van der Waals surface area contributed by atoms with Crippen LogP contribution in [0.1, 0.15) is 21.2 Å². The molecular weight excluding hydrogens is 355 g/mol. The summed E-state index contributed by atoms with van der Waals surface area (Å²) < 4.78 is 43.9. The van der Waals surface area contributed by atoms with Crippen molar-refractivity contribution in [1.29, 1.82) is 0 Å². The van der Waals surface area contributed by atoms with Crippen LogP contribution in [0.5, 0.6) is 5.75 Å². The van der Waals surface area contributed by atoms with Gasteiger partial charge in [0.1, 0.15) is 10.6 Å². The summed E-state index contributed by atoms with van der Waals surface area (Å²) in [6.07, 6.45) is -4.64. The maximum absolute atomic E-state index is 12.6. The van der Waals surface area contributed by atoms with Gasteiger partial charge in [-0.25, -0.2) is 9.31 Å². The maximum atomic E-state index is 12.6. The molecule has 2 aromatic heterocycles. The van der Waals surface area contributed by atoms with Gasteiger partial charge in [-0.2, -0.15) is 18.2 Å². The van der Waals surface area contributed by atoms with Crippen LogP contribution >= 0.6 is 22.9 Å². The second kappa shape index (κ2) is 5.50. The van der Waals surface area contributed by atoms with Crippen LogP contribution in [-0.4, -0.2) is 20.6 Å². The van der Waals surface area contributed by atoms with Gasteiger partial charge in [-0.3, -0.25) is 0 Å². The van der Waals surface area contributed by atoms with Gasteiger partial charge < -0.3 is 4.74 Å². The predicted molar refractivity (Wildman–Crippen MR) is 77.0 cm³/mol. The Hall–Kier alpha value is -2.13. The molecule has 0 N–H and O–H groups in total. The Kier molecular flexibility index (Phi) is 3.77. The van der Waals surface area contributed by atoms with Crippen molar-refractivity contribution in [1.82, 2.24) is 14.6 Å². The Labute approximate surface area is 136 Å². The minimum atomic E-state index is -4.64. The number of hydrogen-bond acceptors (Lipinski definition) is 5. The lowest BCUT2D eigenvalue weighted by Crippen LogP contribution is -2.10. The molecule has 5 nitrogen and oxygen atoms in total. The number of thiazole rings is 1. The molecule has 3 rings (SSSR count). The molecule has 0 aliphatic rings. The van der Waals surface area contributed by atoms with Crippen molar-refractivity contribution in [3.05, 3.63) is 45.7 Å². The number of ether oxygens (including phenoxy) is 1. The van der Waals surface area contributed by atoms with E-state index in [1.54, 1.807) is 18.2 Å². The monoisotopic (exact) mass is 361 g/mol. The zero-order valence-electron chi connectivity index (χ0n) is 11.4. The number of esters is 1. The van der Waals surface area contributed by atoms with Gasteiger partial charge in [-0.05, 0) is 19.1 Å². The first-order valence-corrected chi connectivity index (χ1v) is 7.37. The van der Waals surface area contributed by atoms with Crippen LogP contribution in [0.4, 0.5) is 13.2 Å². The Bertz CT molecular complexity index is 904. The lowest BCUT2D eigenvalue weighted by Gasteiger charge is -2.04. The smallest absolute Gasteiger partial charge is 0.421 e. The average Bonchev–Trinajstić information content (AvgIpc) is 3.01. The van der Waals surface area contributed by atoms with Crippen molar-refractivity contribution in [3.63, 3.8) is 0 Å². The van der Waals surface area contributed by atoms with Gasteiger partial charge in [-0.1, -0.05) is 35.1 Å². The van der Waals surface area contributed by atoms with Crippen LogP contribution in [0.3, 0.4) is 0 Å². The van der Waals surface area contributed by atoms with Crippen molar-refractivity contribution in [2.75, 3.05) is 0 Å². The summed E-state index contributed by atoms with van der Waals surface area (Å²) in [7, 11) is 0. The molecule has 23 heavy (non-hydrogen) atoms. The molecule has 0 aliphatic carbocycles. The molecule has 10 heteroatoms. The van der Waals surface area contributed by atoms with E-state index in [0.717, 1.165) is 15.9 Å². The van der Waals surface area contributed by atoms with Crippen molar-refractivity contribution in [3.8, 4) is 5.75 Å². The SMILES string of the molecule is Cc1c(C(=O)Oc2ccccc2Cl)sc2nc(C(F)(F)F)nn12. The number of carbonyl (C=O) groups is 1. The van der Waals surface area contributed by atoms with E-state index in [1.165, 1.54) is 13.0 Å². The second-order valence-corrected chi connectivity index (χ2v) is 5.85. The van der Waals surface area contributed by atoms with E-state index < -0.39 is 18.0 Å². The molecule has 0 saturated carbocycles. The summed E-state index contributed by atoms with van der Waals surface area (Å²) >= 11 is 6.66. The van der Waals surface area contributed by atoms with Gasteiger partial charge in [0.2, 0.25) is 4.96 Å². The van der Waals surface area contributed by atoms with Crippen LogP contribution in [-0.2, 0) is 6.18 Å². The molecule has 0 radical (unpaired) electrons. The van der Waals surface area contributed by atoms with Crippen LogP contribution in [0.15, 0.2) is 24.3 Å². The topological polar surface area (TPSA) is 56.5 Å². The molecule has 0 spiro atoms. The molecule has 0 bridgehead atoms. The highest BCUT2D eigenvalue weighted by molar-refractivity contribution is 7.19. The molecule has 0 amide bonds. The summed E-state index contributed by atoms with van der Waals surface area (Å²) in [5, 5.41) is 3.62. The molecule has 3 aromatic rings. The molecular formula is C13H7ClF3N3O2S. The van der Waals surface area contributed by atoms with Crippen molar-refractivity contribution in [2.45, 2.75) is 13.1 Å². The number of aromatic nitrogens is 3. The summed E-state index contributed by atoms with van der Waals surface area (Å²) in [5.41, 5.74) is 0.213. The Morgan fingerprint density at radius 3 is 2.65 bits per heavy atom. The largest absolute Gasteiger partial charge is 0.453 e. The molecule has 0 saturated heterocycles. The van der Waals surface area contributed by atoms with E-state index in [2.05, 4.69) is 10.1 Å². The van der Waals surface area contributed by atoms with Crippen molar-refractivity contribution in [2.24, 2.45) is 0 Å². The quantitative estimate of drug-likeness (QED) is 0.511. The van der Waals surface area contributed by atoms with Gasteiger partial charge in [-0.15, -0.1) is 5.10 Å². The summed E-state index contributed by atoms with van der Waals surface area (Å²) in [6, 6.07) is 6.37. The number of carbonyl (C=O) groups excluding carboxylic acids is 1. The van der Waals surface area contributed by atoms with Crippen LogP contribution < -0.4 is 4.74 Å². The number of nitrogens with zero attached hydrogens (tertiary/aromatic N) is 3. The van der Waals surface area contributed by atoms with Crippen molar-refractivity contribution < 1.29 is 22.7 Å². The van der Waals surface area contributed by atoms with E-state index >= 15 is 0 Å². The van der Waals surface area contributed by atoms with Gasteiger partial charge in [0.15, 0.2) is 0 Å². The molecule has 1 aromatic carbocycles. The summed E-state index contributed by atoms with van der Waals surface area (Å²) in [6.45, 7) is 1.46. The molecule has 2 heterocycles. The third-order valence-electron chi connectivity index (χ3n) is 2.90. The van der Waals surface area contributed by atoms with Gasteiger partial charge in [0.05, 0.1) is 10.7 Å². The van der Waals surface area contributed by atoms with Crippen LogP contribution in [0.25, 0.3) is 4.96 Å². The average molecular weight is 362 g/mol. The van der Waals surface area contributed by atoms with E-state index in [4.69, 9.17) is 16.3 Å². The zero-order valence-corrected chi connectivity index (χ0v) is 13.0. The maximum Gasteiger partial charge on any atom is 0.453 e. The highest BCUT2D eigenvalue weighted by atomic mass is 35.5. The third kappa shape index (κ3) is 2.89. The van der Waals surface area contributed by atoms with E-state index in [-0.39, 0.29) is 26.3 Å². The summed E-state index contributed by atoms with van der Waals surface area (Å²) in [5.74, 6) is -1.83. The first-order chi connectivity index (χ1) is 10.8. The van der Waals surface area contributed by atoms with Crippen LogP contribution in [0, 0.1) is 6.92 Å². The minimum absolute atomic E-state index is 0.0408. The highest BCUT2D eigenvalue weighted by Crippen LogP contribution is 2.31. The minimum Gasteiger partial charge on any atom is -0.421 e. The molecule has 0 aliphatic heterocycles. The zero-order chi connectivity index (χ0) is 16.8. The molecule has 0 atom stereocenters. The number of para-hydroxylation sites is 1. The standard InChI is InChI=1S/C13H7ClF3N3O2S/c1-6-9(10(21)22-8-5-3-2-4-7(8)14)23-12-18-11(13(15,16)17)19-20(6)12/h2-5H,1H3. The molecule has 0 unspecified atom stereocenters. The highest BCUT2D eigenvalue weighted by Gasteiger charge is 2.37. The second-order valence-electron chi connectivity index (χ2n) is 4.46. The third-order valence-corrected chi connectivity index (χ3v) is 4.32. The number of benzene rings is 1. The predicted octanol–water partition coefficient (Wildman–Crippen LogP) is 3.99. The fraction of sp³-hybridized carbons (Fsp3) is 0.154. The normalized spacial score (nSPS) is 11.9. The van der Waals surface area contributed by atoms with E-state index in [9.17, 15) is 18.0 Å². The van der Waals surface area contributed by atoms with Crippen LogP contribution in [0.2, 0.25) is 5.02 Å². The Balaban J connectivity index is 1.94.